The summed E-state index contributed by atoms with van der Waals surface area (Å²) < 4.78 is 0. The average Bonchev–Trinajstić information content (AvgIpc) is 3.08. The molecule has 0 saturated carbocycles. The third-order valence-electron chi connectivity index (χ3n) is 4.00. The minimum atomic E-state index is -0.174. The number of carbonyl (C=O) groups excluding carboxylic acids is 2. The predicted octanol–water partition coefficient (Wildman–Crippen LogP) is 2.63. The quantitative estimate of drug-likeness (QED) is 0.939. The van der Waals surface area contributed by atoms with E-state index < -0.39 is 0 Å². The summed E-state index contributed by atoms with van der Waals surface area (Å²) >= 11 is 1.33. The molecule has 1 N–H and O–H groups in total. The molecule has 7 heteroatoms. The van der Waals surface area contributed by atoms with Gasteiger partial charge in [0.2, 0.25) is 16.9 Å². The Morgan fingerprint density at radius 2 is 2.09 bits per heavy atom. The van der Waals surface area contributed by atoms with Crippen molar-refractivity contribution >= 4 is 34.0 Å². The van der Waals surface area contributed by atoms with E-state index in [-0.39, 0.29) is 17.7 Å². The van der Waals surface area contributed by atoms with Crippen LogP contribution in [0.15, 0.2) is 18.2 Å². The molecule has 0 bridgehead atoms. The van der Waals surface area contributed by atoms with Crippen LogP contribution in [0.5, 0.6) is 0 Å². The van der Waals surface area contributed by atoms with Crippen LogP contribution in [-0.2, 0) is 9.59 Å². The number of hydrogen-bond donors (Lipinski definition) is 1. The second kappa shape index (κ2) is 6.08. The summed E-state index contributed by atoms with van der Waals surface area (Å²) in [6.45, 7) is 6.12. The van der Waals surface area contributed by atoms with E-state index in [1.54, 1.807) is 4.90 Å². The smallest absolute Gasteiger partial charge is 0.227 e. The van der Waals surface area contributed by atoms with E-state index in [4.69, 9.17) is 0 Å². The highest BCUT2D eigenvalue weighted by molar-refractivity contribution is 7.15. The SMILES string of the molecule is CC(=O)Nc1nnc(C2CC(=O)N(c3ccc(C)c(C)c3)C2)s1. The lowest BCUT2D eigenvalue weighted by molar-refractivity contribution is -0.117. The zero-order valence-electron chi connectivity index (χ0n) is 13.3. The van der Waals surface area contributed by atoms with E-state index in [1.165, 1.54) is 29.4 Å². The van der Waals surface area contributed by atoms with Crippen molar-refractivity contribution in [3.05, 3.63) is 34.3 Å². The maximum absolute atomic E-state index is 12.4. The summed E-state index contributed by atoms with van der Waals surface area (Å²) in [7, 11) is 0. The normalized spacial score (nSPS) is 17.6. The largest absolute Gasteiger partial charge is 0.312 e. The van der Waals surface area contributed by atoms with Gasteiger partial charge >= 0.3 is 0 Å². The van der Waals surface area contributed by atoms with Gasteiger partial charge in [0.25, 0.3) is 0 Å². The maximum atomic E-state index is 12.4. The first-order valence-corrected chi connectivity index (χ1v) is 8.24. The van der Waals surface area contributed by atoms with Gasteiger partial charge in [0.1, 0.15) is 5.01 Å². The lowest BCUT2D eigenvalue weighted by Crippen LogP contribution is -2.24. The second-order valence-corrected chi connectivity index (χ2v) is 6.81. The Balaban J connectivity index is 1.78. The van der Waals surface area contributed by atoms with Crippen molar-refractivity contribution in [3.8, 4) is 0 Å². The molecule has 120 valence electrons. The van der Waals surface area contributed by atoms with Crippen LogP contribution >= 0.6 is 11.3 Å². The van der Waals surface area contributed by atoms with Crippen molar-refractivity contribution < 1.29 is 9.59 Å². The molecular weight excluding hydrogens is 312 g/mol. The van der Waals surface area contributed by atoms with Crippen molar-refractivity contribution in [2.24, 2.45) is 0 Å². The highest BCUT2D eigenvalue weighted by Crippen LogP contribution is 2.34. The number of carbonyl (C=O) groups is 2. The molecule has 1 aromatic carbocycles. The topological polar surface area (TPSA) is 75.2 Å². The van der Waals surface area contributed by atoms with Gasteiger partial charge in [-0.3, -0.25) is 9.59 Å². The van der Waals surface area contributed by atoms with Crippen molar-refractivity contribution in [1.29, 1.82) is 0 Å². The number of nitrogens with one attached hydrogen (secondary N) is 1. The molecule has 1 atom stereocenters. The Labute approximate surface area is 138 Å². The number of amides is 2. The zero-order valence-corrected chi connectivity index (χ0v) is 14.1. The van der Waals surface area contributed by atoms with Gasteiger partial charge in [0, 0.05) is 31.5 Å². The van der Waals surface area contributed by atoms with E-state index in [1.807, 2.05) is 25.1 Å². The molecular formula is C16H18N4O2S. The molecule has 3 rings (SSSR count). The molecule has 1 aliphatic rings. The minimum absolute atomic E-state index is 0.0177. The van der Waals surface area contributed by atoms with Gasteiger partial charge in [-0.05, 0) is 37.1 Å². The maximum Gasteiger partial charge on any atom is 0.227 e. The van der Waals surface area contributed by atoms with Crippen molar-refractivity contribution in [2.45, 2.75) is 33.1 Å². The van der Waals surface area contributed by atoms with Crippen LogP contribution in [0, 0.1) is 13.8 Å². The molecule has 1 aliphatic heterocycles. The Morgan fingerprint density at radius 3 is 2.78 bits per heavy atom. The highest BCUT2D eigenvalue weighted by Gasteiger charge is 2.34. The fourth-order valence-electron chi connectivity index (χ4n) is 2.62. The summed E-state index contributed by atoms with van der Waals surface area (Å²) in [5.74, 6) is -0.0643. The number of hydrogen-bond acceptors (Lipinski definition) is 5. The lowest BCUT2D eigenvalue weighted by atomic mass is 10.1. The fourth-order valence-corrected chi connectivity index (χ4v) is 3.50. The van der Waals surface area contributed by atoms with E-state index >= 15 is 0 Å². The first kappa shape index (κ1) is 15.6. The molecule has 1 saturated heterocycles. The van der Waals surface area contributed by atoms with Crippen LogP contribution in [-0.4, -0.2) is 28.6 Å². The summed E-state index contributed by atoms with van der Waals surface area (Å²) in [6, 6.07) is 6.05. The highest BCUT2D eigenvalue weighted by atomic mass is 32.1. The van der Waals surface area contributed by atoms with Gasteiger partial charge in [-0.2, -0.15) is 0 Å². The Kier molecular flexibility index (Phi) is 4.12. The van der Waals surface area contributed by atoms with E-state index in [0.717, 1.165) is 10.7 Å². The molecule has 1 fully saturated rings. The van der Waals surface area contributed by atoms with Gasteiger partial charge in [-0.1, -0.05) is 17.4 Å². The Bertz CT molecular complexity index is 771. The third kappa shape index (κ3) is 3.24. The van der Waals surface area contributed by atoms with Crippen LogP contribution in [0.4, 0.5) is 10.8 Å². The van der Waals surface area contributed by atoms with Gasteiger partial charge in [-0.15, -0.1) is 10.2 Å². The van der Waals surface area contributed by atoms with Gasteiger partial charge in [-0.25, -0.2) is 0 Å². The average molecular weight is 330 g/mol. The number of aryl methyl sites for hydroxylation is 2. The van der Waals surface area contributed by atoms with Gasteiger partial charge < -0.3 is 10.2 Å². The molecule has 2 aromatic rings. The molecule has 23 heavy (non-hydrogen) atoms. The number of benzene rings is 1. The number of aromatic nitrogens is 2. The van der Waals surface area contributed by atoms with E-state index in [2.05, 4.69) is 22.4 Å². The van der Waals surface area contributed by atoms with Crippen molar-refractivity contribution in [2.75, 3.05) is 16.8 Å². The molecule has 0 spiro atoms. The first-order valence-electron chi connectivity index (χ1n) is 7.42. The summed E-state index contributed by atoms with van der Waals surface area (Å²) in [4.78, 5) is 25.2. The van der Waals surface area contributed by atoms with E-state index in [0.29, 0.717) is 18.1 Å². The summed E-state index contributed by atoms with van der Waals surface area (Å²) in [5, 5.41) is 12.0. The Hall–Kier alpha value is -2.28. The van der Waals surface area contributed by atoms with Crippen molar-refractivity contribution in [1.82, 2.24) is 10.2 Å². The van der Waals surface area contributed by atoms with Crippen LogP contribution < -0.4 is 10.2 Å². The standard InChI is InChI=1S/C16H18N4O2S/c1-9-4-5-13(6-10(9)2)20-8-12(7-14(20)22)15-18-19-16(23-15)17-11(3)21/h4-6,12H,7-8H2,1-3H3,(H,17,19,21). The van der Waals surface area contributed by atoms with E-state index in [9.17, 15) is 9.59 Å². The molecule has 6 nitrogen and oxygen atoms in total. The number of rotatable bonds is 3. The van der Waals surface area contributed by atoms with Crippen LogP contribution in [0.2, 0.25) is 0 Å². The predicted molar refractivity (Wildman–Crippen MR) is 89.8 cm³/mol. The van der Waals surface area contributed by atoms with Crippen LogP contribution in [0.3, 0.4) is 0 Å². The fraction of sp³-hybridized carbons (Fsp3) is 0.375. The first-order chi connectivity index (χ1) is 10.9. The monoisotopic (exact) mass is 330 g/mol. The molecule has 0 radical (unpaired) electrons. The van der Waals surface area contributed by atoms with Crippen LogP contribution in [0.25, 0.3) is 0 Å². The third-order valence-corrected chi connectivity index (χ3v) is 5.00. The molecule has 2 heterocycles. The van der Waals surface area contributed by atoms with Gasteiger partial charge in [0.15, 0.2) is 0 Å². The molecule has 0 aliphatic carbocycles. The zero-order chi connectivity index (χ0) is 16.6. The van der Waals surface area contributed by atoms with Gasteiger partial charge in [0.05, 0.1) is 0 Å². The Morgan fingerprint density at radius 1 is 1.30 bits per heavy atom. The van der Waals surface area contributed by atoms with Crippen molar-refractivity contribution in [3.63, 3.8) is 0 Å². The number of nitrogens with zero attached hydrogens (tertiary/aromatic N) is 3. The second-order valence-electron chi connectivity index (χ2n) is 5.80. The molecule has 1 unspecified atom stereocenters. The summed E-state index contributed by atoms with van der Waals surface area (Å²) in [6.07, 6.45) is 0.418. The minimum Gasteiger partial charge on any atom is -0.312 e. The molecule has 2 amide bonds. The van der Waals surface area contributed by atoms with Crippen LogP contribution in [0.1, 0.15) is 35.4 Å². The lowest BCUT2D eigenvalue weighted by Gasteiger charge is -2.17. The summed E-state index contributed by atoms with van der Waals surface area (Å²) in [5.41, 5.74) is 3.30. The molecule has 1 aromatic heterocycles. The number of anilines is 2.